The number of carbonyl (C=O) groups excluding carboxylic acids is 3. The molecule has 0 spiro atoms. The molecule has 0 saturated carbocycles. The zero-order valence-corrected chi connectivity index (χ0v) is 62.9. The van der Waals surface area contributed by atoms with Gasteiger partial charge in [0.2, 0.25) is 0 Å². The number of hydrogen-bond acceptors (Lipinski definition) is 8. The van der Waals surface area contributed by atoms with Crippen molar-refractivity contribution >= 4 is 17.9 Å². The molecular weight excluding hydrogens is 1150 g/mol. The van der Waals surface area contributed by atoms with E-state index in [0.29, 0.717) is 17.4 Å². The molecule has 9 heteroatoms. The summed E-state index contributed by atoms with van der Waals surface area (Å²) in [6.07, 6.45) is 94.3. The maximum absolute atomic E-state index is 13.0. The van der Waals surface area contributed by atoms with E-state index in [1.54, 1.807) is 0 Å². The average Bonchev–Trinajstić information content (AvgIpc) is 3.38. The quantitative estimate of drug-likeness (QED) is 0.0195. The SMILES string of the molecule is CCCCCCC/C=C\C/C=C\C/C=C\CCCCCCCCCCCCCCCCCCCCCCCCCCCCC(=O)OC(COC(=O)CCCCCCCCCCCCCCCCCCCCCCCCCCCCC)COC(OCC[N+](C)(C)C)C(=O)[O-]. The van der Waals surface area contributed by atoms with E-state index in [-0.39, 0.29) is 32.2 Å². The summed E-state index contributed by atoms with van der Waals surface area (Å²) < 4.78 is 22.9. The molecule has 0 amide bonds. The maximum atomic E-state index is 13.0. The molecule has 0 saturated heterocycles. The molecule has 93 heavy (non-hydrogen) atoms. The summed E-state index contributed by atoms with van der Waals surface area (Å²) in [7, 11) is 5.95. The number of carbonyl (C=O) groups is 3. The van der Waals surface area contributed by atoms with Crippen molar-refractivity contribution in [3.05, 3.63) is 36.5 Å². The Morgan fingerprint density at radius 2 is 0.581 bits per heavy atom. The van der Waals surface area contributed by atoms with Crippen molar-refractivity contribution in [3.8, 4) is 0 Å². The first-order chi connectivity index (χ1) is 45.6. The topological polar surface area (TPSA) is 111 Å². The van der Waals surface area contributed by atoms with Gasteiger partial charge in [-0.3, -0.25) is 9.59 Å². The summed E-state index contributed by atoms with van der Waals surface area (Å²) in [4.78, 5) is 37.6. The van der Waals surface area contributed by atoms with Crippen LogP contribution in [-0.4, -0.2) is 82.3 Å². The van der Waals surface area contributed by atoms with Crippen LogP contribution in [0.25, 0.3) is 0 Å². The Balaban J connectivity index is 3.92. The first kappa shape index (κ1) is 90.5. The second kappa shape index (κ2) is 75.3. The molecule has 0 fully saturated rings. The van der Waals surface area contributed by atoms with E-state index in [1.807, 2.05) is 21.1 Å². The number of rotatable bonds is 78. The van der Waals surface area contributed by atoms with Crippen LogP contribution in [0.5, 0.6) is 0 Å². The van der Waals surface area contributed by atoms with Crippen LogP contribution in [-0.2, 0) is 33.3 Å². The van der Waals surface area contributed by atoms with Gasteiger partial charge in [0.05, 0.1) is 40.3 Å². The first-order valence-electron chi connectivity index (χ1n) is 41.1. The van der Waals surface area contributed by atoms with Crippen molar-refractivity contribution in [2.24, 2.45) is 0 Å². The number of quaternary nitrogens is 1. The number of ether oxygens (including phenoxy) is 4. The lowest BCUT2D eigenvalue weighted by Gasteiger charge is -2.26. The van der Waals surface area contributed by atoms with Crippen LogP contribution in [0.2, 0.25) is 0 Å². The number of carboxylic acid groups (broad SMARTS) is 1. The molecular formula is C84H159NO8. The van der Waals surface area contributed by atoms with E-state index in [9.17, 15) is 19.5 Å². The molecule has 0 bridgehead atoms. The van der Waals surface area contributed by atoms with E-state index in [2.05, 4.69) is 50.3 Å². The monoisotopic (exact) mass is 1310 g/mol. The molecule has 548 valence electrons. The Labute approximate surface area is 579 Å². The second-order valence-electron chi connectivity index (χ2n) is 29.4. The van der Waals surface area contributed by atoms with Crippen LogP contribution < -0.4 is 5.11 Å². The minimum Gasteiger partial charge on any atom is -0.545 e. The minimum absolute atomic E-state index is 0.152. The van der Waals surface area contributed by atoms with Gasteiger partial charge in [0, 0.05) is 12.8 Å². The summed E-state index contributed by atoms with van der Waals surface area (Å²) in [6, 6.07) is 0. The highest BCUT2D eigenvalue weighted by Crippen LogP contribution is 2.20. The second-order valence-corrected chi connectivity index (χ2v) is 29.4. The predicted molar refractivity (Wildman–Crippen MR) is 399 cm³/mol. The van der Waals surface area contributed by atoms with Crippen molar-refractivity contribution in [1.82, 2.24) is 0 Å². The molecule has 0 aromatic carbocycles. The van der Waals surface area contributed by atoms with Crippen LogP contribution in [0.3, 0.4) is 0 Å². The van der Waals surface area contributed by atoms with Gasteiger partial charge in [-0.25, -0.2) is 0 Å². The molecule has 0 heterocycles. The Morgan fingerprint density at radius 1 is 0.323 bits per heavy atom. The van der Waals surface area contributed by atoms with Gasteiger partial charge in [0.1, 0.15) is 13.2 Å². The molecule has 2 atom stereocenters. The lowest BCUT2D eigenvalue weighted by Crippen LogP contribution is -2.44. The Morgan fingerprint density at radius 3 is 0.860 bits per heavy atom. The summed E-state index contributed by atoms with van der Waals surface area (Å²) in [6.45, 7) is 4.82. The van der Waals surface area contributed by atoms with E-state index in [4.69, 9.17) is 18.9 Å². The zero-order chi connectivity index (χ0) is 67.5. The summed E-state index contributed by atoms with van der Waals surface area (Å²) >= 11 is 0. The summed E-state index contributed by atoms with van der Waals surface area (Å²) in [5.41, 5.74) is 0. The van der Waals surface area contributed by atoms with Gasteiger partial charge in [-0.15, -0.1) is 0 Å². The van der Waals surface area contributed by atoms with E-state index in [0.717, 1.165) is 51.4 Å². The van der Waals surface area contributed by atoms with Crippen molar-refractivity contribution < 1.29 is 42.9 Å². The zero-order valence-electron chi connectivity index (χ0n) is 62.9. The van der Waals surface area contributed by atoms with E-state index < -0.39 is 24.3 Å². The third-order valence-electron chi connectivity index (χ3n) is 18.9. The van der Waals surface area contributed by atoms with Gasteiger partial charge in [0.15, 0.2) is 12.4 Å². The van der Waals surface area contributed by atoms with Crippen molar-refractivity contribution in [2.45, 2.75) is 437 Å². The third-order valence-corrected chi connectivity index (χ3v) is 18.9. The van der Waals surface area contributed by atoms with E-state index >= 15 is 0 Å². The highest BCUT2D eigenvalue weighted by atomic mass is 16.7. The molecule has 9 nitrogen and oxygen atoms in total. The van der Waals surface area contributed by atoms with Gasteiger partial charge in [0.25, 0.3) is 0 Å². The fourth-order valence-corrected chi connectivity index (χ4v) is 12.6. The Hall–Kier alpha value is -2.49. The summed E-state index contributed by atoms with van der Waals surface area (Å²) in [5.74, 6) is -2.24. The third kappa shape index (κ3) is 76.7. The van der Waals surface area contributed by atoms with Crippen molar-refractivity contribution in [3.63, 3.8) is 0 Å². The maximum Gasteiger partial charge on any atom is 0.306 e. The van der Waals surface area contributed by atoms with E-state index in [1.165, 1.54) is 347 Å². The van der Waals surface area contributed by atoms with Gasteiger partial charge in [-0.2, -0.15) is 0 Å². The molecule has 0 aromatic heterocycles. The molecule has 0 radical (unpaired) electrons. The number of carboxylic acids is 1. The number of esters is 2. The minimum atomic E-state index is -1.62. The van der Waals surface area contributed by atoms with Gasteiger partial charge < -0.3 is 33.3 Å². The first-order valence-corrected chi connectivity index (χ1v) is 41.1. The largest absolute Gasteiger partial charge is 0.545 e. The Kier molecular flexibility index (Phi) is 73.3. The molecule has 0 aliphatic carbocycles. The number of likely N-dealkylation sites (N-methyl/N-ethyl adjacent to an activating group) is 1. The molecule has 0 rings (SSSR count). The van der Waals surface area contributed by atoms with Crippen molar-refractivity contribution in [2.75, 3.05) is 47.5 Å². The molecule has 0 aliphatic heterocycles. The molecule has 0 aliphatic rings. The van der Waals surface area contributed by atoms with Crippen LogP contribution in [0.1, 0.15) is 425 Å². The van der Waals surface area contributed by atoms with Gasteiger partial charge >= 0.3 is 11.9 Å². The number of hydrogen-bond donors (Lipinski definition) is 0. The van der Waals surface area contributed by atoms with Gasteiger partial charge in [-0.1, -0.05) is 397 Å². The van der Waals surface area contributed by atoms with Crippen LogP contribution >= 0.6 is 0 Å². The molecule has 0 N–H and O–H groups in total. The van der Waals surface area contributed by atoms with Crippen LogP contribution in [0, 0.1) is 0 Å². The van der Waals surface area contributed by atoms with Gasteiger partial charge in [-0.05, 0) is 51.4 Å². The smallest absolute Gasteiger partial charge is 0.306 e. The number of aliphatic carboxylic acids is 1. The highest BCUT2D eigenvalue weighted by Gasteiger charge is 2.22. The number of allylic oxidation sites excluding steroid dienone is 6. The Bertz CT molecular complexity index is 1620. The number of nitrogens with zero attached hydrogens (tertiary/aromatic N) is 1. The highest BCUT2D eigenvalue weighted by molar-refractivity contribution is 5.70. The molecule has 0 aromatic rings. The molecule has 2 unspecified atom stereocenters. The average molecular weight is 1310 g/mol. The number of unbranched alkanes of at least 4 members (excludes halogenated alkanes) is 57. The standard InChI is InChI=1S/C84H159NO8/c1-6-8-10-12-14-16-18-20-22-24-26-28-30-32-34-35-36-37-38-39-40-41-42-43-44-45-46-47-49-51-53-55-57-59-61-63-65-67-69-71-73-75-82(87)93-80(79-92-84(83(88)89)90-77-76-85(3,4)5)78-91-81(86)74-72-70-68-66-64-62-60-58-56-54-52-50-48-33-31-29-27-25-23-21-19-17-15-13-11-9-7-2/h18,20,24,26,30,32,80,84H,6-17,19,21-23,25,27-29,31,33-79H2,1-5H3/b20-18-,26-24-,32-30-. The lowest BCUT2D eigenvalue weighted by atomic mass is 10.0. The summed E-state index contributed by atoms with van der Waals surface area (Å²) in [5, 5.41) is 11.9. The van der Waals surface area contributed by atoms with Crippen LogP contribution in [0.15, 0.2) is 36.5 Å². The fraction of sp³-hybridized carbons (Fsp3) is 0.893. The fourth-order valence-electron chi connectivity index (χ4n) is 12.6. The lowest BCUT2D eigenvalue weighted by molar-refractivity contribution is -0.870. The predicted octanol–water partition coefficient (Wildman–Crippen LogP) is 24.9. The van der Waals surface area contributed by atoms with Crippen molar-refractivity contribution in [1.29, 1.82) is 0 Å². The van der Waals surface area contributed by atoms with Crippen LogP contribution in [0.4, 0.5) is 0 Å². The normalized spacial score (nSPS) is 12.7.